The minimum Gasteiger partial charge on any atom is -0.409 e. The van der Waals surface area contributed by atoms with Crippen molar-refractivity contribution in [2.24, 2.45) is 10.9 Å². The number of benzene rings is 2. The van der Waals surface area contributed by atoms with Crippen molar-refractivity contribution in [1.82, 2.24) is 0 Å². The zero-order valence-electron chi connectivity index (χ0n) is 10.8. The van der Waals surface area contributed by atoms with E-state index in [4.69, 9.17) is 10.9 Å². The van der Waals surface area contributed by atoms with Crippen LogP contribution < -0.4 is 5.73 Å². The number of hydrogen-bond acceptors (Lipinski definition) is 3. The van der Waals surface area contributed by atoms with Crippen LogP contribution in [0, 0.1) is 5.82 Å². The molecule has 5 heteroatoms. The third-order valence-electron chi connectivity index (χ3n) is 2.74. The van der Waals surface area contributed by atoms with Crippen LogP contribution in [0.25, 0.3) is 0 Å². The standard InChI is InChI=1S/C15H15FN2OS/c16-14-7-12(6-13(8-14)15(17)18-19)10-20-9-11-4-2-1-3-5-11/h1-8,19H,9-10H2,(H2,17,18). The Labute approximate surface area is 121 Å². The third-order valence-corrected chi connectivity index (χ3v) is 3.82. The van der Waals surface area contributed by atoms with Crippen LogP contribution in [0.5, 0.6) is 0 Å². The predicted molar refractivity (Wildman–Crippen MR) is 80.4 cm³/mol. The minimum atomic E-state index is -0.385. The molecule has 0 aliphatic carbocycles. The van der Waals surface area contributed by atoms with Crippen molar-refractivity contribution in [2.45, 2.75) is 11.5 Å². The van der Waals surface area contributed by atoms with Crippen LogP contribution in [0.3, 0.4) is 0 Å². The molecule has 0 saturated heterocycles. The number of halogens is 1. The Hall–Kier alpha value is -2.01. The molecule has 0 aliphatic heterocycles. The second-order valence-electron chi connectivity index (χ2n) is 4.31. The lowest BCUT2D eigenvalue weighted by Crippen LogP contribution is -2.13. The van der Waals surface area contributed by atoms with Crippen LogP contribution >= 0.6 is 11.8 Å². The van der Waals surface area contributed by atoms with Gasteiger partial charge in [0.05, 0.1) is 0 Å². The van der Waals surface area contributed by atoms with Crippen LogP contribution in [0.1, 0.15) is 16.7 Å². The maximum atomic E-state index is 13.5. The summed E-state index contributed by atoms with van der Waals surface area (Å²) in [4.78, 5) is 0. The molecule has 104 valence electrons. The monoisotopic (exact) mass is 290 g/mol. The minimum absolute atomic E-state index is 0.0844. The molecule has 0 saturated carbocycles. The van der Waals surface area contributed by atoms with E-state index in [2.05, 4.69) is 17.3 Å². The molecular weight excluding hydrogens is 275 g/mol. The number of nitrogens with zero attached hydrogens (tertiary/aromatic N) is 1. The van der Waals surface area contributed by atoms with E-state index in [9.17, 15) is 4.39 Å². The van der Waals surface area contributed by atoms with Gasteiger partial charge in [-0.05, 0) is 29.3 Å². The first-order valence-electron chi connectivity index (χ1n) is 6.08. The molecule has 0 amide bonds. The van der Waals surface area contributed by atoms with Gasteiger partial charge in [-0.1, -0.05) is 35.5 Å². The van der Waals surface area contributed by atoms with Crippen LogP contribution in [0.4, 0.5) is 4.39 Å². The van der Waals surface area contributed by atoms with Gasteiger partial charge in [-0.3, -0.25) is 0 Å². The maximum absolute atomic E-state index is 13.5. The SMILES string of the molecule is N/C(=N/O)c1cc(F)cc(CSCc2ccccc2)c1. The normalized spacial score (nSPS) is 11.6. The summed E-state index contributed by atoms with van der Waals surface area (Å²) in [6.07, 6.45) is 0. The van der Waals surface area contributed by atoms with E-state index >= 15 is 0 Å². The number of thioether (sulfide) groups is 1. The summed E-state index contributed by atoms with van der Waals surface area (Å²) >= 11 is 1.69. The first-order valence-corrected chi connectivity index (χ1v) is 7.23. The van der Waals surface area contributed by atoms with Gasteiger partial charge in [0.25, 0.3) is 0 Å². The van der Waals surface area contributed by atoms with E-state index in [1.807, 2.05) is 18.2 Å². The van der Waals surface area contributed by atoms with Crippen LogP contribution in [0.2, 0.25) is 0 Å². The van der Waals surface area contributed by atoms with Crippen molar-refractivity contribution in [1.29, 1.82) is 0 Å². The second-order valence-corrected chi connectivity index (χ2v) is 5.30. The van der Waals surface area contributed by atoms with Crippen molar-refractivity contribution in [3.63, 3.8) is 0 Å². The number of nitrogens with two attached hydrogens (primary N) is 1. The lowest BCUT2D eigenvalue weighted by molar-refractivity contribution is 0.318. The number of amidine groups is 1. The second kappa shape index (κ2) is 6.96. The van der Waals surface area contributed by atoms with Crippen LogP contribution in [-0.4, -0.2) is 11.0 Å². The molecule has 0 bridgehead atoms. The first-order chi connectivity index (χ1) is 9.69. The van der Waals surface area contributed by atoms with E-state index in [0.29, 0.717) is 11.3 Å². The fraction of sp³-hybridized carbons (Fsp3) is 0.133. The highest BCUT2D eigenvalue weighted by atomic mass is 32.2. The van der Waals surface area contributed by atoms with Crippen molar-refractivity contribution in [2.75, 3.05) is 0 Å². The number of rotatable bonds is 5. The highest BCUT2D eigenvalue weighted by Crippen LogP contribution is 2.19. The van der Waals surface area contributed by atoms with E-state index < -0.39 is 0 Å². The zero-order chi connectivity index (χ0) is 14.4. The summed E-state index contributed by atoms with van der Waals surface area (Å²) in [5, 5.41) is 11.5. The highest BCUT2D eigenvalue weighted by molar-refractivity contribution is 7.97. The zero-order valence-corrected chi connectivity index (χ0v) is 11.6. The molecule has 0 radical (unpaired) electrons. The summed E-state index contributed by atoms with van der Waals surface area (Å²) in [6.45, 7) is 0. The van der Waals surface area contributed by atoms with E-state index in [0.717, 1.165) is 11.3 Å². The molecule has 0 aromatic heterocycles. The Morgan fingerprint density at radius 2 is 1.80 bits per heavy atom. The Morgan fingerprint density at radius 3 is 2.50 bits per heavy atom. The van der Waals surface area contributed by atoms with E-state index in [1.165, 1.54) is 17.7 Å². The van der Waals surface area contributed by atoms with Gasteiger partial charge in [0.15, 0.2) is 5.84 Å². The smallest absolute Gasteiger partial charge is 0.170 e. The fourth-order valence-electron chi connectivity index (χ4n) is 1.80. The largest absolute Gasteiger partial charge is 0.409 e. The maximum Gasteiger partial charge on any atom is 0.170 e. The molecule has 0 spiro atoms. The Morgan fingerprint density at radius 1 is 1.10 bits per heavy atom. The van der Waals surface area contributed by atoms with Crippen molar-refractivity contribution in [3.8, 4) is 0 Å². The Kier molecular flexibility index (Phi) is 5.01. The van der Waals surface area contributed by atoms with Crippen LogP contribution in [0.15, 0.2) is 53.7 Å². The molecule has 0 unspecified atom stereocenters. The summed E-state index contributed by atoms with van der Waals surface area (Å²) in [5.41, 5.74) is 7.91. The molecule has 2 aromatic rings. The van der Waals surface area contributed by atoms with Gasteiger partial charge in [-0.2, -0.15) is 11.8 Å². The van der Waals surface area contributed by atoms with Gasteiger partial charge in [0.1, 0.15) is 5.82 Å². The molecule has 0 aliphatic rings. The summed E-state index contributed by atoms with van der Waals surface area (Å²) in [6, 6.07) is 14.5. The molecule has 2 rings (SSSR count). The lowest BCUT2D eigenvalue weighted by Gasteiger charge is -2.05. The number of hydrogen-bond donors (Lipinski definition) is 2. The molecule has 20 heavy (non-hydrogen) atoms. The lowest BCUT2D eigenvalue weighted by atomic mass is 10.1. The van der Waals surface area contributed by atoms with E-state index in [-0.39, 0.29) is 11.7 Å². The summed E-state index contributed by atoms with van der Waals surface area (Å²) in [7, 11) is 0. The Bertz CT molecular complexity index is 602. The molecule has 3 N–H and O–H groups in total. The molecule has 2 aromatic carbocycles. The fourth-order valence-corrected chi connectivity index (χ4v) is 2.73. The molecule has 0 atom stereocenters. The number of oxime groups is 1. The van der Waals surface area contributed by atoms with Gasteiger partial charge >= 0.3 is 0 Å². The highest BCUT2D eigenvalue weighted by Gasteiger charge is 2.05. The molecule has 0 heterocycles. The average molecular weight is 290 g/mol. The third kappa shape index (κ3) is 3.99. The quantitative estimate of drug-likeness (QED) is 0.384. The van der Waals surface area contributed by atoms with Gasteiger partial charge in [-0.15, -0.1) is 0 Å². The first kappa shape index (κ1) is 14.4. The summed E-state index contributed by atoms with van der Waals surface area (Å²) < 4.78 is 13.5. The van der Waals surface area contributed by atoms with Crippen molar-refractivity contribution >= 4 is 17.6 Å². The average Bonchev–Trinajstić information content (AvgIpc) is 2.47. The van der Waals surface area contributed by atoms with Crippen molar-refractivity contribution < 1.29 is 9.60 Å². The molecule has 3 nitrogen and oxygen atoms in total. The van der Waals surface area contributed by atoms with E-state index in [1.54, 1.807) is 17.8 Å². The molecule has 0 fully saturated rings. The van der Waals surface area contributed by atoms with Crippen molar-refractivity contribution in [3.05, 3.63) is 71.0 Å². The predicted octanol–water partition coefficient (Wildman–Crippen LogP) is 3.35. The Balaban J connectivity index is 2.01. The summed E-state index contributed by atoms with van der Waals surface area (Å²) in [5.74, 6) is 1.05. The molecular formula is C15H15FN2OS. The van der Waals surface area contributed by atoms with Gasteiger partial charge in [-0.25, -0.2) is 4.39 Å². The van der Waals surface area contributed by atoms with Gasteiger partial charge < -0.3 is 10.9 Å². The topological polar surface area (TPSA) is 58.6 Å². The van der Waals surface area contributed by atoms with Gasteiger partial charge in [0, 0.05) is 17.1 Å². The van der Waals surface area contributed by atoms with Crippen LogP contribution in [-0.2, 0) is 11.5 Å². The van der Waals surface area contributed by atoms with Gasteiger partial charge in [0.2, 0.25) is 0 Å².